The Morgan fingerprint density at radius 2 is 1.56 bits per heavy atom. The number of nitrogens with zero attached hydrogens (tertiary/aromatic N) is 2. The molecule has 1 N–H and O–H groups in total. The molecular weight excluding hydrogens is 558 g/mol. The Kier molecular flexibility index (Phi) is 10.1. The van der Waals surface area contributed by atoms with Gasteiger partial charge in [-0.1, -0.05) is 73.0 Å². The van der Waals surface area contributed by atoms with Gasteiger partial charge in [0.15, 0.2) is 0 Å². The molecule has 0 saturated heterocycles. The van der Waals surface area contributed by atoms with Gasteiger partial charge in [-0.3, -0.25) is 13.9 Å². The van der Waals surface area contributed by atoms with E-state index in [0.29, 0.717) is 10.7 Å². The number of hydrogen-bond acceptors (Lipinski definition) is 4. The van der Waals surface area contributed by atoms with Crippen LogP contribution in [0, 0.1) is 13.8 Å². The van der Waals surface area contributed by atoms with Crippen LogP contribution in [0.15, 0.2) is 72.8 Å². The lowest BCUT2D eigenvalue weighted by atomic mass is 10.0. The Balaban J connectivity index is 1.74. The minimum atomic E-state index is -3.82. The molecule has 1 fully saturated rings. The van der Waals surface area contributed by atoms with Crippen molar-refractivity contribution in [2.24, 2.45) is 0 Å². The maximum atomic E-state index is 14.2. The molecule has 41 heavy (non-hydrogen) atoms. The molecule has 9 heteroatoms. The molecule has 1 aliphatic carbocycles. The molecule has 218 valence electrons. The first-order valence-corrected chi connectivity index (χ1v) is 16.2. The maximum absolute atomic E-state index is 14.2. The largest absolute Gasteiger partial charge is 0.352 e. The molecule has 1 atom stereocenters. The molecule has 1 aliphatic rings. The summed E-state index contributed by atoms with van der Waals surface area (Å²) in [6.45, 7) is 3.42. The summed E-state index contributed by atoms with van der Waals surface area (Å²) >= 11 is 6.28. The normalized spacial score (nSPS) is 14.4. The molecule has 0 aromatic heterocycles. The van der Waals surface area contributed by atoms with Crippen molar-refractivity contribution in [1.29, 1.82) is 0 Å². The van der Waals surface area contributed by atoms with Gasteiger partial charge in [0.1, 0.15) is 12.6 Å². The third-order valence-corrected chi connectivity index (χ3v) is 8.76. The number of amides is 2. The van der Waals surface area contributed by atoms with E-state index in [2.05, 4.69) is 5.32 Å². The highest BCUT2D eigenvalue weighted by Crippen LogP contribution is 2.24. The lowest BCUT2D eigenvalue weighted by molar-refractivity contribution is -0.140. The molecule has 4 rings (SSSR count). The molecule has 0 bridgehead atoms. The monoisotopic (exact) mass is 595 g/mol. The van der Waals surface area contributed by atoms with Gasteiger partial charge in [0.2, 0.25) is 21.8 Å². The first-order valence-electron chi connectivity index (χ1n) is 13.9. The van der Waals surface area contributed by atoms with Crippen LogP contribution in [0.1, 0.15) is 47.9 Å². The molecule has 0 unspecified atom stereocenters. The van der Waals surface area contributed by atoms with Crippen molar-refractivity contribution in [1.82, 2.24) is 10.2 Å². The fourth-order valence-corrected chi connectivity index (χ4v) is 6.51. The predicted molar refractivity (Wildman–Crippen MR) is 164 cm³/mol. The Bertz CT molecular complexity index is 1450. The van der Waals surface area contributed by atoms with Crippen molar-refractivity contribution in [3.05, 3.63) is 100 Å². The third kappa shape index (κ3) is 8.57. The zero-order valence-electron chi connectivity index (χ0n) is 23.8. The Morgan fingerprint density at radius 3 is 2.17 bits per heavy atom. The highest BCUT2D eigenvalue weighted by molar-refractivity contribution is 7.92. The number of anilines is 1. The predicted octanol–water partition coefficient (Wildman–Crippen LogP) is 5.42. The number of benzene rings is 3. The van der Waals surface area contributed by atoms with Crippen LogP contribution in [0.4, 0.5) is 5.69 Å². The van der Waals surface area contributed by atoms with Crippen LogP contribution >= 0.6 is 11.6 Å². The Morgan fingerprint density at radius 1 is 0.927 bits per heavy atom. The summed E-state index contributed by atoms with van der Waals surface area (Å²) in [6.07, 6.45) is 5.29. The number of rotatable bonds is 11. The van der Waals surface area contributed by atoms with E-state index in [1.807, 2.05) is 56.3 Å². The molecule has 0 aliphatic heterocycles. The Labute approximate surface area is 248 Å². The van der Waals surface area contributed by atoms with Crippen LogP contribution in [-0.4, -0.2) is 50.0 Å². The van der Waals surface area contributed by atoms with Crippen molar-refractivity contribution in [2.75, 3.05) is 17.1 Å². The lowest BCUT2D eigenvalue weighted by Crippen LogP contribution is -2.54. The number of carbonyl (C=O) groups is 2. The summed E-state index contributed by atoms with van der Waals surface area (Å²) in [5.41, 5.74) is 3.83. The number of hydrogen-bond donors (Lipinski definition) is 1. The van der Waals surface area contributed by atoms with Crippen molar-refractivity contribution in [3.63, 3.8) is 0 Å². The van der Waals surface area contributed by atoms with E-state index >= 15 is 0 Å². The van der Waals surface area contributed by atoms with Gasteiger partial charge in [-0.05, 0) is 73.2 Å². The van der Waals surface area contributed by atoms with Crippen LogP contribution in [0.2, 0.25) is 5.02 Å². The van der Waals surface area contributed by atoms with Crippen LogP contribution in [0.25, 0.3) is 0 Å². The molecule has 3 aromatic carbocycles. The average molecular weight is 596 g/mol. The van der Waals surface area contributed by atoms with Crippen LogP contribution in [0.5, 0.6) is 0 Å². The van der Waals surface area contributed by atoms with Crippen molar-refractivity contribution in [3.8, 4) is 0 Å². The number of carbonyl (C=O) groups excluding carboxylic acids is 2. The third-order valence-electron chi connectivity index (χ3n) is 7.39. The maximum Gasteiger partial charge on any atom is 0.244 e. The minimum absolute atomic E-state index is 0.0617. The van der Waals surface area contributed by atoms with E-state index < -0.39 is 28.5 Å². The van der Waals surface area contributed by atoms with E-state index in [4.69, 9.17) is 11.6 Å². The number of aryl methyl sites for hydroxylation is 2. The van der Waals surface area contributed by atoms with Gasteiger partial charge >= 0.3 is 0 Å². The first-order chi connectivity index (χ1) is 19.5. The summed E-state index contributed by atoms with van der Waals surface area (Å²) in [5.74, 6) is -0.717. The summed E-state index contributed by atoms with van der Waals surface area (Å²) < 4.78 is 27.1. The summed E-state index contributed by atoms with van der Waals surface area (Å²) in [5, 5.41) is 3.68. The van der Waals surface area contributed by atoms with E-state index in [0.717, 1.165) is 58.5 Å². The SMILES string of the molecule is Cc1cc(C)cc(N(CC(=O)N(Cc2cccc(Cl)c2)[C@H](Cc2ccccc2)C(=O)NC2CCCC2)S(C)(=O)=O)c1. The molecular formula is C32H38ClN3O4S. The van der Waals surface area contributed by atoms with Crippen LogP contribution in [-0.2, 0) is 32.6 Å². The number of halogens is 1. The van der Waals surface area contributed by atoms with E-state index in [1.165, 1.54) is 4.90 Å². The second-order valence-corrected chi connectivity index (χ2v) is 13.3. The minimum Gasteiger partial charge on any atom is -0.352 e. The van der Waals surface area contributed by atoms with Crippen molar-refractivity contribution in [2.45, 2.75) is 64.6 Å². The van der Waals surface area contributed by atoms with E-state index in [9.17, 15) is 18.0 Å². The van der Waals surface area contributed by atoms with Gasteiger partial charge in [0.25, 0.3) is 0 Å². The van der Waals surface area contributed by atoms with Gasteiger partial charge in [0, 0.05) is 24.0 Å². The van der Waals surface area contributed by atoms with E-state index in [1.54, 1.807) is 30.3 Å². The zero-order chi connectivity index (χ0) is 29.6. The van der Waals surface area contributed by atoms with E-state index in [-0.39, 0.29) is 24.9 Å². The van der Waals surface area contributed by atoms with Gasteiger partial charge in [-0.2, -0.15) is 0 Å². The average Bonchev–Trinajstić information content (AvgIpc) is 3.41. The van der Waals surface area contributed by atoms with Crippen molar-refractivity contribution >= 4 is 39.1 Å². The molecule has 7 nitrogen and oxygen atoms in total. The molecule has 0 heterocycles. The van der Waals surface area contributed by atoms with Gasteiger partial charge < -0.3 is 10.2 Å². The second-order valence-electron chi connectivity index (χ2n) is 11.0. The number of sulfonamides is 1. The molecule has 1 saturated carbocycles. The zero-order valence-corrected chi connectivity index (χ0v) is 25.4. The highest BCUT2D eigenvalue weighted by atomic mass is 35.5. The molecule has 0 radical (unpaired) electrons. The summed E-state index contributed by atoms with van der Waals surface area (Å²) in [6, 6.07) is 21.3. The van der Waals surface area contributed by atoms with Gasteiger partial charge in [-0.25, -0.2) is 8.42 Å². The fraction of sp³-hybridized carbons (Fsp3) is 0.375. The quantitative estimate of drug-likeness (QED) is 0.321. The summed E-state index contributed by atoms with van der Waals surface area (Å²) in [4.78, 5) is 29.6. The van der Waals surface area contributed by atoms with Gasteiger partial charge in [0.05, 0.1) is 11.9 Å². The lowest BCUT2D eigenvalue weighted by Gasteiger charge is -2.34. The fourth-order valence-electron chi connectivity index (χ4n) is 5.46. The number of nitrogens with one attached hydrogen (secondary N) is 1. The molecule has 2 amide bonds. The topological polar surface area (TPSA) is 86.8 Å². The van der Waals surface area contributed by atoms with Gasteiger partial charge in [-0.15, -0.1) is 0 Å². The molecule has 3 aromatic rings. The highest BCUT2D eigenvalue weighted by Gasteiger charge is 2.34. The molecule has 0 spiro atoms. The smallest absolute Gasteiger partial charge is 0.244 e. The van der Waals surface area contributed by atoms with Crippen LogP contribution < -0.4 is 9.62 Å². The van der Waals surface area contributed by atoms with Crippen molar-refractivity contribution < 1.29 is 18.0 Å². The second kappa shape index (κ2) is 13.5. The standard InChI is InChI=1S/C32H38ClN3O4S/c1-23-16-24(2)18-29(17-23)36(41(3,39)40)22-31(37)35(21-26-12-9-13-27(33)19-26)30(20-25-10-5-4-6-11-25)32(38)34-28-14-7-8-15-28/h4-6,9-13,16-19,28,30H,7-8,14-15,20-22H2,1-3H3,(H,34,38)/t30-/m1/s1. The Hall–Kier alpha value is -3.36. The van der Waals surface area contributed by atoms with Crippen LogP contribution in [0.3, 0.4) is 0 Å². The summed E-state index contributed by atoms with van der Waals surface area (Å²) in [7, 11) is -3.82. The first kappa shape index (κ1) is 30.6.